The first-order chi connectivity index (χ1) is 13.4. The van der Waals surface area contributed by atoms with Crippen LogP contribution in [0.1, 0.15) is 42.7 Å². The Hall–Kier alpha value is -1.96. The predicted octanol–water partition coefficient (Wildman–Crippen LogP) is 2.37. The lowest BCUT2D eigenvalue weighted by molar-refractivity contribution is -0.901. The molecule has 2 heterocycles. The van der Waals surface area contributed by atoms with E-state index in [9.17, 15) is 9.59 Å². The molecule has 0 aliphatic carbocycles. The van der Waals surface area contributed by atoms with Gasteiger partial charge in [0.25, 0.3) is 5.91 Å². The maximum atomic E-state index is 12.8. The Labute approximate surface area is 174 Å². The number of quaternary nitrogens is 1. The van der Waals surface area contributed by atoms with E-state index < -0.39 is 6.04 Å². The summed E-state index contributed by atoms with van der Waals surface area (Å²) in [6, 6.07) is 6.11. The lowest BCUT2D eigenvalue weighted by atomic mass is 10.0. The molecule has 0 spiro atoms. The topological polar surface area (TPSA) is 75.5 Å². The first-order valence-corrected chi connectivity index (χ1v) is 10.8. The van der Waals surface area contributed by atoms with Gasteiger partial charge in [-0.1, -0.05) is 37.6 Å². The molecule has 1 aromatic carbocycles. The van der Waals surface area contributed by atoms with E-state index in [4.69, 9.17) is 11.6 Å². The highest BCUT2D eigenvalue weighted by atomic mass is 35.5. The fourth-order valence-corrected chi connectivity index (χ4v) is 4.27. The fraction of sp³-hybridized carbons (Fsp3) is 0.450. The predicted molar refractivity (Wildman–Crippen MR) is 112 cm³/mol. The molecule has 1 saturated heterocycles. The van der Waals surface area contributed by atoms with Crippen molar-refractivity contribution < 1.29 is 14.5 Å². The molecule has 1 fully saturated rings. The van der Waals surface area contributed by atoms with Crippen molar-refractivity contribution in [3.63, 3.8) is 0 Å². The van der Waals surface area contributed by atoms with Gasteiger partial charge in [-0.15, -0.1) is 11.3 Å². The average Bonchev–Trinajstić information content (AvgIpc) is 3.32. The molecule has 0 radical (unpaired) electrons. The van der Waals surface area contributed by atoms with Gasteiger partial charge in [-0.3, -0.25) is 9.59 Å². The Kier molecular flexibility index (Phi) is 7.04. The largest absolute Gasteiger partial charge is 0.340 e. The second-order valence-electron chi connectivity index (χ2n) is 7.44. The number of amides is 2. The van der Waals surface area contributed by atoms with Crippen molar-refractivity contribution in [3.8, 4) is 0 Å². The van der Waals surface area contributed by atoms with Gasteiger partial charge in [-0.05, 0) is 18.1 Å². The lowest BCUT2D eigenvalue weighted by Crippen LogP contribution is -3.08. The molecule has 1 aliphatic heterocycles. The Morgan fingerprint density at radius 3 is 2.64 bits per heavy atom. The summed E-state index contributed by atoms with van der Waals surface area (Å²) in [4.78, 5) is 31.4. The molecule has 1 atom stereocenters. The summed E-state index contributed by atoms with van der Waals surface area (Å²) >= 11 is 7.51. The number of hydrogen-bond donors (Lipinski definition) is 3. The summed E-state index contributed by atoms with van der Waals surface area (Å²) in [7, 11) is 0. The Balaban J connectivity index is 1.62. The highest BCUT2D eigenvalue weighted by Gasteiger charge is 2.26. The minimum absolute atomic E-state index is 0.0834. The summed E-state index contributed by atoms with van der Waals surface area (Å²) in [5.74, 6) is -0.721. The number of aromatic nitrogens is 1. The number of nitrogens with one attached hydrogen (secondary N) is 3. The Bertz CT molecular complexity index is 833. The number of rotatable bonds is 7. The van der Waals surface area contributed by atoms with Crippen molar-refractivity contribution in [1.29, 1.82) is 0 Å². The molecule has 2 aromatic rings. The van der Waals surface area contributed by atoms with Crippen LogP contribution < -0.4 is 15.5 Å². The molecule has 2 amide bonds. The molecule has 0 saturated carbocycles. The van der Waals surface area contributed by atoms with Gasteiger partial charge < -0.3 is 15.5 Å². The first kappa shape index (κ1) is 20.8. The van der Waals surface area contributed by atoms with Gasteiger partial charge in [0.2, 0.25) is 5.91 Å². The Morgan fingerprint density at radius 2 is 1.96 bits per heavy atom. The van der Waals surface area contributed by atoms with E-state index in [2.05, 4.69) is 15.6 Å². The highest BCUT2D eigenvalue weighted by molar-refractivity contribution is 7.13. The molecule has 0 unspecified atom stereocenters. The summed E-state index contributed by atoms with van der Waals surface area (Å²) < 4.78 is 0. The van der Waals surface area contributed by atoms with E-state index in [1.54, 1.807) is 24.3 Å². The Morgan fingerprint density at radius 1 is 1.25 bits per heavy atom. The summed E-state index contributed by atoms with van der Waals surface area (Å²) in [5, 5.41) is 8.57. The fourth-order valence-electron chi connectivity index (χ4n) is 3.34. The number of benzene rings is 1. The van der Waals surface area contributed by atoms with Gasteiger partial charge in [-0.25, -0.2) is 4.98 Å². The van der Waals surface area contributed by atoms with Crippen LogP contribution >= 0.6 is 22.9 Å². The smallest absolute Gasteiger partial charge is 0.253 e. The normalized spacial score (nSPS) is 15.6. The third kappa shape index (κ3) is 5.31. The van der Waals surface area contributed by atoms with Crippen LogP contribution in [0.2, 0.25) is 5.02 Å². The monoisotopic (exact) mass is 421 g/mol. The quantitative estimate of drug-likeness (QED) is 0.642. The van der Waals surface area contributed by atoms with Crippen molar-refractivity contribution >= 4 is 39.9 Å². The minimum Gasteiger partial charge on any atom is -0.340 e. The number of carbonyl (C=O) groups excluding carboxylic acids is 2. The van der Waals surface area contributed by atoms with Crippen molar-refractivity contribution in [2.24, 2.45) is 5.92 Å². The maximum absolute atomic E-state index is 12.8. The number of halogens is 1. The lowest BCUT2D eigenvalue weighted by Gasteiger charge is -2.21. The van der Waals surface area contributed by atoms with Crippen LogP contribution in [0.5, 0.6) is 0 Å². The molecular formula is C20H26ClN4O2S+. The number of carbonyl (C=O) groups is 2. The van der Waals surface area contributed by atoms with E-state index in [-0.39, 0.29) is 17.7 Å². The number of nitrogens with zero attached hydrogens (tertiary/aromatic N) is 1. The van der Waals surface area contributed by atoms with Crippen molar-refractivity contribution in [1.82, 2.24) is 10.3 Å². The van der Waals surface area contributed by atoms with Gasteiger partial charge in [0.15, 0.2) is 5.13 Å². The molecule has 1 aromatic heterocycles. The number of thiazole rings is 1. The second kappa shape index (κ2) is 9.49. The van der Waals surface area contributed by atoms with Crippen LogP contribution in [-0.2, 0) is 11.3 Å². The van der Waals surface area contributed by atoms with Crippen LogP contribution in [0.25, 0.3) is 0 Å². The summed E-state index contributed by atoms with van der Waals surface area (Å²) in [6.07, 6.45) is 2.54. The third-order valence-corrected chi connectivity index (χ3v) is 6.01. The molecule has 0 bridgehead atoms. The van der Waals surface area contributed by atoms with Gasteiger partial charge in [0.05, 0.1) is 23.7 Å². The zero-order chi connectivity index (χ0) is 20.1. The molecule has 8 heteroatoms. The van der Waals surface area contributed by atoms with E-state index in [1.165, 1.54) is 42.2 Å². The molecule has 28 heavy (non-hydrogen) atoms. The second-order valence-corrected chi connectivity index (χ2v) is 8.71. The van der Waals surface area contributed by atoms with E-state index in [1.807, 2.05) is 19.2 Å². The van der Waals surface area contributed by atoms with E-state index >= 15 is 0 Å². The van der Waals surface area contributed by atoms with Crippen molar-refractivity contribution in [2.45, 2.75) is 39.3 Å². The minimum atomic E-state index is -0.680. The van der Waals surface area contributed by atoms with E-state index in [0.29, 0.717) is 15.7 Å². The number of anilines is 1. The van der Waals surface area contributed by atoms with Gasteiger partial charge in [0.1, 0.15) is 18.3 Å². The standard InChI is InChI=1S/C20H25ClN4O2S/c1-13(2)17(23-18(26)15-7-3-4-8-16(15)21)19(27)24-20-22-14(12-28-20)11-25-9-5-6-10-25/h3-4,7-8,12-13,17H,5-6,9-11H2,1-2H3,(H,23,26)(H,22,24,27)/p+1/t17-/m0/s1. The molecule has 150 valence electrons. The number of hydrogen-bond acceptors (Lipinski definition) is 4. The highest BCUT2D eigenvalue weighted by Crippen LogP contribution is 2.18. The van der Waals surface area contributed by atoms with Gasteiger partial charge >= 0.3 is 0 Å². The molecule has 3 rings (SSSR count). The van der Waals surface area contributed by atoms with E-state index in [0.717, 1.165) is 12.2 Å². The molecule has 1 aliphatic rings. The van der Waals surface area contributed by atoms with Crippen LogP contribution in [0, 0.1) is 5.92 Å². The number of likely N-dealkylation sites (tertiary alicyclic amines) is 1. The van der Waals surface area contributed by atoms with Crippen LogP contribution in [0.3, 0.4) is 0 Å². The first-order valence-electron chi connectivity index (χ1n) is 9.58. The zero-order valence-corrected chi connectivity index (χ0v) is 17.7. The molecule has 6 nitrogen and oxygen atoms in total. The van der Waals surface area contributed by atoms with Crippen LogP contribution in [-0.4, -0.2) is 35.9 Å². The summed E-state index contributed by atoms with van der Waals surface area (Å²) in [6.45, 7) is 7.04. The van der Waals surface area contributed by atoms with Gasteiger partial charge in [-0.2, -0.15) is 0 Å². The zero-order valence-electron chi connectivity index (χ0n) is 16.1. The van der Waals surface area contributed by atoms with Gasteiger partial charge in [0, 0.05) is 18.2 Å². The maximum Gasteiger partial charge on any atom is 0.253 e. The molecule has 3 N–H and O–H groups in total. The third-order valence-electron chi connectivity index (χ3n) is 4.88. The summed E-state index contributed by atoms with van der Waals surface area (Å²) in [5.41, 5.74) is 1.35. The average molecular weight is 422 g/mol. The van der Waals surface area contributed by atoms with Crippen molar-refractivity contribution in [2.75, 3.05) is 18.4 Å². The SMILES string of the molecule is CC(C)[C@H](NC(=O)c1ccccc1Cl)C(=O)Nc1nc(C[NH+]2CCCC2)cs1. The van der Waals surface area contributed by atoms with Crippen molar-refractivity contribution in [3.05, 3.63) is 45.9 Å². The van der Waals surface area contributed by atoms with Crippen LogP contribution in [0.15, 0.2) is 29.6 Å². The molecular weight excluding hydrogens is 396 g/mol. The van der Waals surface area contributed by atoms with Crippen LogP contribution in [0.4, 0.5) is 5.13 Å².